The molecule has 0 spiro atoms. The van der Waals surface area contributed by atoms with Crippen LogP contribution in [0.4, 0.5) is 0 Å². The number of hydrogen-bond donors (Lipinski definition) is 2. The largest absolute Gasteiger partial charge is 0.505 e. The zero-order chi connectivity index (χ0) is 14.0. The van der Waals surface area contributed by atoms with Crippen LogP contribution in [0, 0.1) is 0 Å². The minimum absolute atomic E-state index is 0.154. The Hall–Kier alpha value is -2.50. The third kappa shape index (κ3) is 2.24. The van der Waals surface area contributed by atoms with Crippen LogP contribution < -0.4 is 10.3 Å². The molecule has 0 aliphatic rings. The minimum Gasteiger partial charge on any atom is -0.505 e. The lowest BCUT2D eigenvalue weighted by molar-refractivity contribution is 0.0516. The Morgan fingerprint density at radius 2 is 2.11 bits per heavy atom. The SMILES string of the molecule is CCOC(=O)c1[nH]c(=O)c2cc(OC)ccc2c1O. The summed E-state index contributed by atoms with van der Waals surface area (Å²) in [5.41, 5.74) is -0.737. The third-order valence-electron chi connectivity index (χ3n) is 2.68. The van der Waals surface area contributed by atoms with Crippen LogP contribution in [0.25, 0.3) is 10.8 Å². The van der Waals surface area contributed by atoms with E-state index in [9.17, 15) is 14.7 Å². The van der Waals surface area contributed by atoms with Gasteiger partial charge >= 0.3 is 5.97 Å². The number of pyridine rings is 1. The summed E-state index contributed by atoms with van der Waals surface area (Å²) in [5.74, 6) is -0.591. The summed E-state index contributed by atoms with van der Waals surface area (Å²) in [6.45, 7) is 1.79. The summed E-state index contributed by atoms with van der Waals surface area (Å²) in [6, 6.07) is 4.60. The summed E-state index contributed by atoms with van der Waals surface area (Å²) in [4.78, 5) is 25.8. The van der Waals surface area contributed by atoms with E-state index in [4.69, 9.17) is 9.47 Å². The molecule has 1 aromatic heterocycles. The van der Waals surface area contributed by atoms with E-state index >= 15 is 0 Å². The molecule has 0 unspecified atom stereocenters. The van der Waals surface area contributed by atoms with Gasteiger partial charge in [-0.05, 0) is 25.1 Å². The van der Waals surface area contributed by atoms with Crippen molar-refractivity contribution in [3.8, 4) is 11.5 Å². The number of aromatic amines is 1. The maximum Gasteiger partial charge on any atom is 0.358 e. The van der Waals surface area contributed by atoms with Gasteiger partial charge in [0.05, 0.1) is 19.1 Å². The molecule has 0 amide bonds. The zero-order valence-corrected chi connectivity index (χ0v) is 10.5. The number of hydrogen-bond acceptors (Lipinski definition) is 5. The Kier molecular flexibility index (Phi) is 3.41. The molecule has 2 aromatic rings. The van der Waals surface area contributed by atoms with Crippen molar-refractivity contribution >= 4 is 16.7 Å². The first-order chi connectivity index (χ1) is 9.08. The topological polar surface area (TPSA) is 88.6 Å². The average molecular weight is 263 g/mol. The number of carbonyl (C=O) groups excluding carboxylic acids is 1. The van der Waals surface area contributed by atoms with Gasteiger partial charge in [0.1, 0.15) is 5.75 Å². The smallest absolute Gasteiger partial charge is 0.358 e. The van der Waals surface area contributed by atoms with Crippen LogP contribution in [0.3, 0.4) is 0 Å². The van der Waals surface area contributed by atoms with Crippen molar-refractivity contribution in [3.63, 3.8) is 0 Å². The monoisotopic (exact) mass is 263 g/mol. The molecule has 1 aromatic carbocycles. The van der Waals surface area contributed by atoms with Crippen molar-refractivity contribution in [2.45, 2.75) is 6.92 Å². The van der Waals surface area contributed by atoms with Gasteiger partial charge in [0.2, 0.25) is 0 Å². The lowest BCUT2D eigenvalue weighted by Crippen LogP contribution is -2.15. The highest BCUT2D eigenvalue weighted by atomic mass is 16.5. The molecule has 100 valence electrons. The Morgan fingerprint density at radius 1 is 1.37 bits per heavy atom. The van der Waals surface area contributed by atoms with Crippen molar-refractivity contribution < 1.29 is 19.4 Å². The fourth-order valence-corrected chi connectivity index (χ4v) is 1.77. The molecule has 0 saturated heterocycles. The van der Waals surface area contributed by atoms with E-state index < -0.39 is 11.5 Å². The Morgan fingerprint density at radius 3 is 2.74 bits per heavy atom. The fourth-order valence-electron chi connectivity index (χ4n) is 1.77. The molecular weight excluding hydrogens is 250 g/mol. The standard InChI is InChI=1S/C13H13NO5/c1-3-19-13(17)10-11(15)8-5-4-7(18-2)6-9(8)12(16)14-10/h4-6,15H,3H2,1-2H3,(H,14,16). The number of aromatic nitrogens is 1. The highest BCUT2D eigenvalue weighted by Crippen LogP contribution is 2.27. The predicted octanol–water partition coefficient (Wildman–Crippen LogP) is 1.42. The van der Waals surface area contributed by atoms with Crippen LogP contribution in [0.5, 0.6) is 11.5 Å². The van der Waals surface area contributed by atoms with Crippen molar-refractivity contribution in [2.24, 2.45) is 0 Å². The van der Waals surface area contributed by atoms with Crippen molar-refractivity contribution in [1.82, 2.24) is 4.98 Å². The van der Waals surface area contributed by atoms with E-state index in [0.29, 0.717) is 5.75 Å². The van der Waals surface area contributed by atoms with Crippen molar-refractivity contribution in [2.75, 3.05) is 13.7 Å². The van der Waals surface area contributed by atoms with Crippen LogP contribution in [-0.4, -0.2) is 29.8 Å². The summed E-state index contributed by atoms with van der Waals surface area (Å²) in [7, 11) is 1.47. The molecule has 2 N–H and O–H groups in total. The van der Waals surface area contributed by atoms with Gasteiger partial charge in [-0.25, -0.2) is 4.79 Å². The summed E-state index contributed by atoms with van der Waals surface area (Å²) < 4.78 is 9.77. The first-order valence-electron chi connectivity index (χ1n) is 5.68. The molecular formula is C13H13NO5. The van der Waals surface area contributed by atoms with Gasteiger partial charge in [-0.15, -0.1) is 0 Å². The molecule has 0 aliphatic carbocycles. The predicted molar refractivity (Wildman–Crippen MR) is 68.7 cm³/mol. The van der Waals surface area contributed by atoms with E-state index in [1.54, 1.807) is 13.0 Å². The second-order valence-electron chi connectivity index (χ2n) is 3.81. The van der Waals surface area contributed by atoms with Crippen molar-refractivity contribution in [1.29, 1.82) is 0 Å². The number of fused-ring (bicyclic) bond motifs is 1. The molecule has 0 radical (unpaired) electrons. The number of methoxy groups -OCH3 is 1. The number of rotatable bonds is 3. The summed E-state index contributed by atoms with van der Waals surface area (Å²) in [5, 5.41) is 10.5. The van der Waals surface area contributed by atoms with E-state index in [1.165, 1.54) is 19.2 Å². The highest BCUT2D eigenvalue weighted by Gasteiger charge is 2.18. The number of H-pyrrole nitrogens is 1. The molecule has 0 bridgehead atoms. The van der Waals surface area contributed by atoms with Crippen LogP contribution in [0.15, 0.2) is 23.0 Å². The van der Waals surface area contributed by atoms with Gasteiger partial charge < -0.3 is 19.6 Å². The molecule has 2 rings (SSSR count). The maximum absolute atomic E-state index is 11.9. The number of aromatic hydroxyl groups is 1. The van der Waals surface area contributed by atoms with Gasteiger partial charge in [-0.2, -0.15) is 0 Å². The van der Waals surface area contributed by atoms with Gasteiger partial charge in [-0.3, -0.25) is 4.79 Å². The molecule has 6 heteroatoms. The summed E-state index contributed by atoms with van der Waals surface area (Å²) >= 11 is 0. The Bertz CT molecular complexity index is 689. The van der Waals surface area contributed by atoms with Crippen LogP contribution in [-0.2, 0) is 4.74 Å². The average Bonchev–Trinajstić information content (AvgIpc) is 2.42. The first kappa shape index (κ1) is 12.9. The number of carbonyl (C=O) groups is 1. The third-order valence-corrected chi connectivity index (χ3v) is 2.68. The second-order valence-corrected chi connectivity index (χ2v) is 3.81. The quantitative estimate of drug-likeness (QED) is 0.817. The molecule has 0 saturated carbocycles. The molecule has 0 fully saturated rings. The van der Waals surface area contributed by atoms with Gasteiger partial charge in [0.15, 0.2) is 11.4 Å². The van der Waals surface area contributed by atoms with Gasteiger partial charge in [-0.1, -0.05) is 0 Å². The van der Waals surface area contributed by atoms with Crippen molar-refractivity contribution in [3.05, 3.63) is 34.2 Å². The maximum atomic E-state index is 11.9. The molecule has 19 heavy (non-hydrogen) atoms. The molecule has 1 heterocycles. The van der Waals surface area contributed by atoms with E-state index in [0.717, 1.165) is 0 Å². The molecule has 6 nitrogen and oxygen atoms in total. The van der Waals surface area contributed by atoms with E-state index in [2.05, 4.69) is 4.98 Å². The first-order valence-corrected chi connectivity index (χ1v) is 5.68. The number of esters is 1. The van der Waals surface area contributed by atoms with E-state index in [-0.39, 0.29) is 28.8 Å². The lowest BCUT2D eigenvalue weighted by Gasteiger charge is -2.08. The Labute approximate surface area is 108 Å². The fraction of sp³-hybridized carbons (Fsp3) is 0.231. The van der Waals surface area contributed by atoms with Crippen LogP contribution >= 0.6 is 0 Å². The van der Waals surface area contributed by atoms with E-state index in [1.807, 2.05) is 0 Å². The number of ether oxygens (including phenoxy) is 2. The Balaban J connectivity index is 2.69. The summed E-state index contributed by atoms with van der Waals surface area (Å²) in [6.07, 6.45) is 0. The minimum atomic E-state index is -0.769. The normalized spacial score (nSPS) is 10.4. The second kappa shape index (κ2) is 5.01. The van der Waals surface area contributed by atoms with Gasteiger partial charge in [0, 0.05) is 5.39 Å². The molecule has 0 aliphatic heterocycles. The number of benzene rings is 1. The van der Waals surface area contributed by atoms with Crippen LogP contribution in [0.1, 0.15) is 17.4 Å². The number of nitrogens with one attached hydrogen (secondary N) is 1. The molecule has 0 atom stereocenters. The van der Waals surface area contributed by atoms with Crippen LogP contribution in [0.2, 0.25) is 0 Å². The lowest BCUT2D eigenvalue weighted by atomic mass is 10.1. The zero-order valence-electron chi connectivity index (χ0n) is 10.5. The van der Waals surface area contributed by atoms with Gasteiger partial charge in [0.25, 0.3) is 5.56 Å². The highest BCUT2D eigenvalue weighted by molar-refractivity contribution is 5.99.